The maximum atomic E-state index is 12.4. The first-order chi connectivity index (χ1) is 12.1. The average molecular weight is 342 g/mol. The third-order valence-electron chi connectivity index (χ3n) is 4.81. The Hall–Kier alpha value is -2.83. The summed E-state index contributed by atoms with van der Waals surface area (Å²) < 4.78 is 0. The monoisotopic (exact) mass is 342 g/mol. The maximum Gasteiger partial charge on any atom is 0.287 e. The molecule has 7 heteroatoms. The summed E-state index contributed by atoms with van der Waals surface area (Å²) in [5.41, 5.74) is 1.76. The fourth-order valence-corrected chi connectivity index (χ4v) is 3.25. The van der Waals surface area contributed by atoms with Gasteiger partial charge in [0.2, 0.25) is 0 Å². The van der Waals surface area contributed by atoms with Gasteiger partial charge in [0.15, 0.2) is 0 Å². The molecule has 1 amide bonds. The molecule has 0 saturated carbocycles. The van der Waals surface area contributed by atoms with Gasteiger partial charge in [0.1, 0.15) is 5.69 Å². The number of nitrogens with zero attached hydrogens (tertiary/aromatic N) is 2. The molecule has 2 aromatic rings. The molecule has 0 aliphatic carbocycles. The number of aromatic nitrogens is 1. The lowest BCUT2D eigenvalue weighted by molar-refractivity contribution is -0.384. The molecule has 7 nitrogen and oxygen atoms in total. The number of carbonyl (C=O) groups is 1. The Labute approximate surface area is 146 Å². The molecule has 1 aliphatic rings. The SMILES string of the molecule is CCC1CCN(c2ccccc2NC(=O)c2cc([N+](=O)[O-])c[nH]2)CC1. The summed E-state index contributed by atoms with van der Waals surface area (Å²) in [6, 6.07) is 8.92. The van der Waals surface area contributed by atoms with E-state index in [9.17, 15) is 14.9 Å². The third-order valence-corrected chi connectivity index (χ3v) is 4.81. The topological polar surface area (TPSA) is 91.3 Å². The number of hydrogen-bond acceptors (Lipinski definition) is 4. The zero-order chi connectivity index (χ0) is 17.8. The van der Waals surface area contributed by atoms with E-state index in [1.807, 2.05) is 24.3 Å². The highest BCUT2D eigenvalue weighted by Crippen LogP contribution is 2.31. The molecule has 1 aromatic carbocycles. The van der Waals surface area contributed by atoms with Crippen LogP contribution in [-0.2, 0) is 0 Å². The van der Waals surface area contributed by atoms with E-state index in [2.05, 4.69) is 22.1 Å². The molecule has 0 atom stereocenters. The number of piperidine rings is 1. The van der Waals surface area contributed by atoms with E-state index in [0.29, 0.717) is 0 Å². The van der Waals surface area contributed by atoms with Gasteiger partial charge >= 0.3 is 0 Å². The highest BCUT2D eigenvalue weighted by molar-refractivity contribution is 6.05. The van der Waals surface area contributed by atoms with E-state index in [1.54, 1.807) is 0 Å². The molecule has 1 aromatic heterocycles. The van der Waals surface area contributed by atoms with Gasteiger partial charge in [-0.2, -0.15) is 0 Å². The van der Waals surface area contributed by atoms with Crippen LogP contribution in [0.15, 0.2) is 36.5 Å². The number of carbonyl (C=O) groups excluding carboxylic acids is 1. The Bertz CT molecular complexity index is 763. The van der Waals surface area contributed by atoms with Crippen LogP contribution in [0.4, 0.5) is 17.1 Å². The van der Waals surface area contributed by atoms with Crippen LogP contribution in [-0.4, -0.2) is 28.9 Å². The number of hydrogen-bond donors (Lipinski definition) is 2. The van der Waals surface area contributed by atoms with Crippen molar-refractivity contribution in [1.82, 2.24) is 4.98 Å². The molecule has 1 aliphatic heterocycles. The minimum Gasteiger partial charge on any atom is -0.370 e. The minimum absolute atomic E-state index is 0.125. The first-order valence-corrected chi connectivity index (χ1v) is 8.56. The van der Waals surface area contributed by atoms with Crippen molar-refractivity contribution in [2.75, 3.05) is 23.3 Å². The molecule has 2 N–H and O–H groups in total. The van der Waals surface area contributed by atoms with Gasteiger partial charge in [-0.3, -0.25) is 14.9 Å². The van der Waals surface area contributed by atoms with Crippen molar-refractivity contribution in [3.05, 3.63) is 52.3 Å². The summed E-state index contributed by atoms with van der Waals surface area (Å²) in [7, 11) is 0. The van der Waals surface area contributed by atoms with Crippen molar-refractivity contribution in [2.24, 2.45) is 5.92 Å². The average Bonchev–Trinajstić information content (AvgIpc) is 3.13. The normalized spacial score (nSPS) is 15.2. The highest BCUT2D eigenvalue weighted by Gasteiger charge is 2.21. The molecular weight excluding hydrogens is 320 g/mol. The van der Waals surface area contributed by atoms with E-state index in [0.717, 1.165) is 43.2 Å². The van der Waals surface area contributed by atoms with Gasteiger partial charge < -0.3 is 15.2 Å². The molecule has 25 heavy (non-hydrogen) atoms. The lowest BCUT2D eigenvalue weighted by atomic mass is 9.94. The second-order valence-electron chi connectivity index (χ2n) is 6.34. The van der Waals surface area contributed by atoms with Crippen molar-refractivity contribution in [2.45, 2.75) is 26.2 Å². The van der Waals surface area contributed by atoms with Crippen LogP contribution in [0.5, 0.6) is 0 Å². The van der Waals surface area contributed by atoms with Gasteiger partial charge in [0, 0.05) is 19.2 Å². The van der Waals surface area contributed by atoms with E-state index < -0.39 is 4.92 Å². The number of para-hydroxylation sites is 2. The van der Waals surface area contributed by atoms with Gasteiger partial charge in [0.25, 0.3) is 11.6 Å². The summed E-state index contributed by atoms with van der Waals surface area (Å²) in [6.07, 6.45) is 4.73. The van der Waals surface area contributed by atoms with Gasteiger partial charge in [-0.15, -0.1) is 0 Å². The van der Waals surface area contributed by atoms with Crippen molar-refractivity contribution < 1.29 is 9.72 Å². The fraction of sp³-hybridized carbons (Fsp3) is 0.389. The van der Waals surface area contributed by atoms with Gasteiger partial charge in [-0.25, -0.2) is 0 Å². The largest absolute Gasteiger partial charge is 0.370 e. The Balaban J connectivity index is 1.74. The van der Waals surface area contributed by atoms with Gasteiger partial charge in [-0.05, 0) is 30.9 Å². The fourth-order valence-electron chi connectivity index (χ4n) is 3.25. The summed E-state index contributed by atoms with van der Waals surface area (Å²) in [5, 5.41) is 13.6. The summed E-state index contributed by atoms with van der Waals surface area (Å²) in [5.74, 6) is 0.390. The Kier molecular flexibility index (Phi) is 5.02. The molecule has 2 heterocycles. The summed E-state index contributed by atoms with van der Waals surface area (Å²) in [4.78, 5) is 27.6. The van der Waals surface area contributed by atoms with E-state index in [1.165, 1.54) is 18.7 Å². The summed E-state index contributed by atoms with van der Waals surface area (Å²) >= 11 is 0. The van der Waals surface area contributed by atoms with E-state index in [-0.39, 0.29) is 17.3 Å². The van der Waals surface area contributed by atoms with Crippen LogP contribution in [0.2, 0.25) is 0 Å². The van der Waals surface area contributed by atoms with Gasteiger partial charge in [0.05, 0.1) is 22.5 Å². The van der Waals surface area contributed by atoms with Gasteiger partial charge in [-0.1, -0.05) is 25.5 Å². The lowest BCUT2D eigenvalue weighted by Crippen LogP contribution is -2.34. The molecule has 0 radical (unpaired) electrons. The zero-order valence-electron chi connectivity index (χ0n) is 14.2. The number of rotatable bonds is 5. The van der Waals surface area contributed by atoms with Crippen molar-refractivity contribution in [3.8, 4) is 0 Å². The molecule has 0 unspecified atom stereocenters. The molecule has 3 rings (SSSR count). The molecule has 132 valence electrons. The predicted octanol–water partition coefficient (Wildman–Crippen LogP) is 3.80. The van der Waals surface area contributed by atoms with E-state index >= 15 is 0 Å². The smallest absolute Gasteiger partial charge is 0.287 e. The standard InChI is InChI=1S/C18H22N4O3/c1-2-13-7-9-21(10-8-13)17-6-4-3-5-15(17)20-18(23)16-11-14(12-19-16)22(24)25/h3-6,11-13,19H,2,7-10H2,1H3,(H,20,23). The number of aromatic amines is 1. The van der Waals surface area contributed by atoms with Crippen LogP contribution in [0, 0.1) is 16.0 Å². The molecule has 0 bridgehead atoms. The molecule has 0 spiro atoms. The predicted molar refractivity (Wildman–Crippen MR) is 97.1 cm³/mol. The third kappa shape index (κ3) is 3.81. The Morgan fingerprint density at radius 1 is 1.36 bits per heavy atom. The van der Waals surface area contributed by atoms with Crippen LogP contribution in [0.25, 0.3) is 0 Å². The Morgan fingerprint density at radius 2 is 2.08 bits per heavy atom. The first kappa shape index (κ1) is 17.0. The van der Waals surface area contributed by atoms with E-state index in [4.69, 9.17) is 0 Å². The minimum atomic E-state index is -0.529. The number of nitrogens with one attached hydrogen (secondary N) is 2. The van der Waals surface area contributed by atoms with Crippen LogP contribution in [0.1, 0.15) is 36.7 Å². The number of anilines is 2. The number of amides is 1. The number of H-pyrrole nitrogens is 1. The van der Waals surface area contributed by atoms with Crippen LogP contribution >= 0.6 is 0 Å². The van der Waals surface area contributed by atoms with Crippen molar-refractivity contribution in [3.63, 3.8) is 0 Å². The number of benzene rings is 1. The molecular formula is C18H22N4O3. The second kappa shape index (κ2) is 7.38. The first-order valence-electron chi connectivity index (χ1n) is 8.56. The quantitative estimate of drug-likeness (QED) is 0.638. The van der Waals surface area contributed by atoms with Crippen LogP contribution < -0.4 is 10.2 Å². The maximum absolute atomic E-state index is 12.4. The van der Waals surface area contributed by atoms with Crippen molar-refractivity contribution in [1.29, 1.82) is 0 Å². The zero-order valence-corrected chi connectivity index (χ0v) is 14.2. The molecule has 1 saturated heterocycles. The highest BCUT2D eigenvalue weighted by atomic mass is 16.6. The van der Waals surface area contributed by atoms with Crippen LogP contribution in [0.3, 0.4) is 0 Å². The Morgan fingerprint density at radius 3 is 2.72 bits per heavy atom. The lowest BCUT2D eigenvalue weighted by Gasteiger charge is -2.34. The summed E-state index contributed by atoms with van der Waals surface area (Å²) in [6.45, 7) is 4.17. The number of nitro groups is 1. The molecule has 1 fully saturated rings. The van der Waals surface area contributed by atoms with Crippen molar-refractivity contribution >= 4 is 23.0 Å². The second-order valence-corrected chi connectivity index (χ2v) is 6.34.